The van der Waals surface area contributed by atoms with Crippen LogP contribution in [-0.4, -0.2) is 21.0 Å². The average Bonchev–Trinajstić information content (AvgIpc) is 2.83. The second-order valence-electron chi connectivity index (χ2n) is 4.51. The second kappa shape index (κ2) is 5.04. The van der Waals surface area contributed by atoms with Gasteiger partial charge in [-0.1, -0.05) is 11.2 Å². The zero-order valence-electron chi connectivity index (χ0n) is 10.9. The molecule has 1 aromatic heterocycles. The minimum atomic E-state index is 0.782. The predicted molar refractivity (Wildman–Crippen MR) is 71.4 cm³/mol. The Labute approximate surface area is 107 Å². The maximum atomic E-state index is 8.74. The smallest absolute Gasteiger partial charge is 0.0949 e. The molecule has 4 nitrogen and oxygen atoms in total. The molecule has 0 saturated heterocycles. The first-order chi connectivity index (χ1) is 8.63. The van der Waals surface area contributed by atoms with Gasteiger partial charge in [0.25, 0.3) is 0 Å². The number of hydrogen-bond acceptors (Lipinski definition) is 3. The Morgan fingerprint density at radius 2 is 2.11 bits per heavy atom. The van der Waals surface area contributed by atoms with Gasteiger partial charge in [0.15, 0.2) is 0 Å². The van der Waals surface area contributed by atoms with Crippen LogP contribution in [0.1, 0.15) is 27.8 Å². The fraction of sp³-hybridized carbons (Fsp3) is 0.286. The molecule has 0 spiro atoms. The maximum absolute atomic E-state index is 8.74. The van der Waals surface area contributed by atoms with Gasteiger partial charge in [0.1, 0.15) is 0 Å². The van der Waals surface area contributed by atoms with Crippen molar-refractivity contribution in [1.82, 2.24) is 9.55 Å². The van der Waals surface area contributed by atoms with Crippen LogP contribution in [0.2, 0.25) is 0 Å². The number of oxime groups is 1. The van der Waals surface area contributed by atoms with E-state index >= 15 is 0 Å². The van der Waals surface area contributed by atoms with Crippen LogP contribution in [0, 0.1) is 20.8 Å². The monoisotopic (exact) mass is 243 g/mol. The Balaban J connectivity index is 2.49. The Hall–Kier alpha value is -2.10. The first-order valence-corrected chi connectivity index (χ1v) is 5.86. The Morgan fingerprint density at radius 1 is 1.33 bits per heavy atom. The number of imidazole rings is 1. The van der Waals surface area contributed by atoms with E-state index in [-0.39, 0.29) is 0 Å². The van der Waals surface area contributed by atoms with Gasteiger partial charge in [-0.3, -0.25) is 0 Å². The van der Waals surface area contributed by atoms with Crippen LogP contribution >= 0.6 is 0 Å². The summed E-state index contributed by atoms with van der Waals surface area (Å²) in [6, 6.07) is 2.12. The van der Waals surface area contributed by atoms with E-state index in [0.717, 1.165) is 23.2 Å². The van der Waals surface area contributed by atoms with E-state index in [9.17, 15) is 0 Å². The third-order valence-electron chi connectivity index (χ3n) is 3.28. The summed E-state index contributed by atoms with van der Waals surface area (Å²) in [5.74, 6) is 0. The average molecular weight is 243 g/mol. The molecule has 0 atom stereocenters. The summed E-state index contributed by atoms with van der Waals surface area (Å²) >= 11 is 0. The van der Waals surface area contributed by atoms with E-state index in [2.05, 4.69) is 30.1 Å². The van der Waals surface area contributed by atoms with E-state index in [4.69, 9.17) is 5.21 Å². The number of aryl methyl sites for hydroxylation is 2. The fourth-order valence-electron chi connectivity index (χ4n) is 2.31. The summed E-state index contributed by atoms with van der Waals surface area (Å²) in [4.78, 5) is 4.05. The summed E-state index contributed by atoms with van der Waals surface area (Å²) in [7, 11) is 0. The van der Waals surface area contributed by atoms with Gasteiger partial charge in [-0.2, -0.15) is 0 Å². The Bertz CT molecular complexity index is 571. The zero-order chi connectivity index (χ0) is 13.1. The molecular weight excluding hydrogens is 226 g/mol. The molecule has 1 heterocycles. The van der Waals surface area contributed by atoms with E-state index in [1.54, 1.807) is 12.5 Å². The molecule has 0 aliphatic carbocycles. The highest BCUT2D eigenvalue weighted by molar-refractivity contribution is 5.84. The van der Waals surface area contributed by atoms with Gasteiger partial charge in [0.05, 0.1) is 12.5 Å². The number of aromatic nitrogens is 2. The van der Waals surface area contributed by atoms with Crippen LogP contribution in [0.4, 0.5) is 0 Å². The largest absolute Gasteiger partial charge is 0.411 e. The molecular formula is C14H17N3O. The molecule has 0 aliphatic heterocycles. The van der Waals surface area contributed by atoms with Crippen molar-refractivity contribution < 1.29 is 5.21 Å². The van der Waals surface area contributed by atoms with Gasteiger partial charge >= 0.3 is 0 Å². The van der Waals surface area contributed by atoms with Crippen LogP contribution in [0.15, 0.2) is 29.9 Å². The van der Waals surface area contributed by atoms with E-state index in [1.807, 2.05) is 17.7 Å². The molecule has 0 saturated carbocycles. The van der Waals surface area contributed by atoms with Crippen LogP contribution in [0.25, 0.3) is 0 Å². The van der Waals surface area contributed by atoms with Crippen molar-refractivity contribution in [3.63, 3.8) is 0 Å². The third-order valence-corrected chi connectivity index (χ3v) is 3.28. The molecule has 1 aromatic carbocycles. The highest BCUT2D eigenvalue weighted by Gasteiger charge is 2.10. The summed E-state index contributed by atoms with van der Waals surface area (Å²) in [6.45, 7) is 6.97. The van der Waals surface area contributed by atoms with Gasteiger partial charge in [0.2, 0.25) is 0 Å². The van der Waals surface area contributed by atoms with Crippen molar-refractivity contribution >= 4 is 6.21 Å². The van der Waals surface area contributed by atoms with E-state index < -0.39 is 0 Å². The molecule has 0 fully saturated rings. The van der Waals surface area contributed by atoms with E-state index in [1.165, 1.54) is 17.3 Å². The lowest BCUT2D eigenvalue weighted by molar-refractivity contribution is 0.322. The topological polar surface area (TPSA) is 50.4 Å². The van der Waals surface area contributed by atoms with Gasteiger partial charge in [-0.15, -0.1) is 0 Å². The minimum Gasteiger partial charge on any atom is -0.411 e. The second-order valence-corrected chi connectivity index (χ2v) is 4.51. The molecule has 0 radical (unpaired) electrons. The zero-order valence-corrected chi connectivity index (χ0v) is 10.9. The molecule has 1 N–H and O–H groups in total. The van der Waals surface area contributed by atoms with Crippen LogP contribution in [-0.2, 0) is 6.54 Å². The maximum Gasteiger partial charge on any atom is 0.0949 e. The van der Waals surface area contributed by atoms with Crippen molar-refractivity contribution in [3.8, 4) is 0 Å². The number of benzene rings is 1. The molecule has 18 heavy (non-hydrogen) atoms. The normalized spacial score (nSPS) is 11.3. The third kappa shape index (κ3) is 2.27. The molecule has 0 unspecified atom stereocenters. The Morgan fingerprint density at radius 3 is 2.72 bits per heavy atom. The fourth-order valence-corrected chi connectivity index (χ4v) is 2.31. The van der Waals surface area contributed by atoms with Gasteiger partial charge in [-0.05, 0) is 43.0 Å². The molecule has 94 valence electrons. The number of nitrogens with zero attached hydrogens (tertiary/aromatic N) is 3. The summed E-state index contributed by atoms with van der Waals surface area (Å²) in [6.07, 6.45) is 7.02. The van der Waals surface area contributed by atoms with Crippen molar-refractivity contribution in [2.24, 2.45) is 5.16 Å². The first-order valence-electron chi connectivity index (χ1n) is 5.86. The highest BCUT2D eigenvalue weighted by atomic mass is 16.4. The molecule has 2 aromatic rings. The minimum absolute atomic E-state index is 0.782. The summed E-state index contributed by atoms with van der Waals surface area (Å²) in [5, 5.41) is 11.9. The SMILES string of the molecule is Cc1cc(C)c(Cn2ccnc2)c(C)c1/C=N/O. The molecule has 0 amide bonds. The van der Waals surface area contributed by atoms with Crippen molar-refractivity contribution in [2.45, 2.75) is 27.3 Å². The number of hydrogen-bond donors (Lipinski definition) is 1. The molecule has 0 aliphatic rings. The lowest BCUT2D eigenvalue weighted by Crippen LogP contribution is -2.06. The molecule has 0 bridgehead atoms. The van der Waals surface area contributed by atoms with Crippen molar-refractivity contribution in [3.05, 3.63) is 52.6 Å². The predicted octanol–water partition coefficient (Wildman–Crippen LogP) is 2.66. The van der Waals surface area contributed by atoms with Crippen molar-refractivity contribution in [1.29, 1.82) is 0 Å². The number of rotatable bonds is 3. The lowest BCUT2D eigenvalue weighted by Gasteiger charge is -2.15. The quantitative estimate of drug-likeness (QED) is 0.512. The molecule has 4 heteroatoms. The van der Waals surface area contributed by atoms with Crippen LogP contribution in [0.3, 0.4) is 0 Å². The summed E-state index contributed by atoms with van der Waals surface area (Å²) < 4.78 is 2.03. The molecule has 2 rings (SSSR count). The van der Waals surface area contributed by atoms with E-state index in [0.29, 0.717) is 0 Å². The summed E-state index contributed by atoms with van der Waals surface area (Å²) in [5.41, 5.74) is 5.75. The van der Waals surface area contributed by atoms with Gasteiger partial charge in [-0.25, -0.2) is 4.98 Å². The van der Waals surface area contributed by atoms with Gasteiger partial charge in [0, 0.05) is 24.5 Å². The highest BCUT2D eigenvalue weighted by Crippen LogP contribution is 2.22. The van der Waals surface area contributed by atoms with Gasteiger partial charge < -0.3 is 9.77 Å². The van der Waals surface area contributed by atoms with Crippen LogP contribution < -0.4 is 0 Å². The lowest BCUT2D eigenvalue weighted by atomic mass is 9.94. The Kier molecular flexibility index (Phi) is 3.46. The van der Waals surface area contributed by atoms with Crippen molar-refractivity contribution in [2.75, 3.05) is 0 Å². The first kappa shape index (κ1) is 12.4. The standard InChI is InChI=1S/C14H17N3O/c1-10-6-11(2)14(8-17-5-4-15-9-17)12(3)13(10)7-16-18/h4-7,9,18H,8H2,1-3H3/b16-7+. The van der Waals surface area contributed by atoms with Crippen LogP contribution in [0.5, 0.6) is 0 Å².